The summed E-state index contributed by atoms with van der Waals surface area (Å²) in [5.41, 5.74) is 0.598. The number of amides is 1. The van der Waals surface area contributed by atoms with Crippen LogP contribution in [0.15, 0.2) is 18.2 Å². The molecule has 0 saturated carbocycles. The lowest BCUT2D eigenvalue weighted by Gasteiger charge is -2.16. The topological polar surface area (TPSA) is 67.9 Å². The van der Waals surface area contributed by atoms with E-state index in [9.17, 15) is 9.18 Å². The molecule has 0 N–H and O–H groups in total. The summed E-state index contributed by atoms with van der Waals surface area (Å²) in [5, 5.41) is 17.1. The molecule has 0 heterocycles. The first-order valence-corrected chi connectivity index (χ1v) is 4.88. The van der Waals surface area contributed by atoms with Gasteiger partial charge in [0.05, 0.1) is 17.7 Å². The van der Waals surface area contributed by atoms with E-state index in [-0.39, 0.29) is 24.4 Å². The third-order valence-electron chi connectivity index (χ3n) is 2.24. The van der Waals surface area contributed by atoms with Crippen LogP contribution in [0.4, 0.5) is 4.39 Å². The number of benzene rings is 1. The van der Waals surface area contributed by atoms with Crippen molar-refractivity contribution in [2.24, 2.45) is 0 Å². The summed E-state index contributed by atoms with van der Waals surface area (Å²) >= 11 is 0. The van der Waals surface area contributed by atoms with Crippen molar-refractivity contribution >= 4 is 5.91 Å². The van der Waals surface area contributed by atoms with Gasteiger partial charge in [-0.25, -0.2) is 4.39 Å². The molecule has 86 valence electrons. The van der Waals surface area contributed by atoms with Gasteiger partial charge in [0, 0.05) is 19.2 Å². The SMILES string of the molecule is CN(Cc1cc(C#N)ccc1F)C(=O)CC#N. The maximum atomic E-state index is 13.4. The number of hydrogen-bond acceptors (Lipinski definition) is 3. The molecule has 1 amide bonds. The van der Waals surface area contributed by atoms with Gasteiger partial charge in [0.15, 0.2) is 0 Å². The highest BCUT2D eigenvalue weighted by Crippen LogP contribution is 2.12. The summed E-state index contributed by atoms with van der Waals surface area (Å²) in [6, 6.07) is 7.59. The lowest BCUT2D eigenvalue weighted by atomic mass is 10.1. The first kappa shape index (κ1) is 12.7. The van der Waals surface area contributed by atoms with E-state index in [4.69, 9.17) is 10.5 Å². The fourth-order valence-electron chi connectivity index (χ4n) is 1.31. The lowest BCUT2D eigenvalue weighted by molar-refractivity contribution is -0.129. The van der Waals surface area contributed by atoms with Crippen molar-refractivity contribution in [1.82, 2.24) is 4.90 Å². The van der Waals surface area contributed by atoms with Crippen LogP contribution in [0.1, 0.15) is 17.5 Å². The maximum Gasteiger partial charge on any atom is 0.236 e. The summed E-state index contributed by atoms with van der Waals surface area (Å²) in [4.78, 5) is 12.6. The van der Waals surface area contributed by atoms with Crippen LogP contribution in [0.5, 0.6) is 0 Å². The zero-order chi connectivity index (χ0) is 12.8. The van der Waals surface area contributed by atoms with Gasteiger partial charge in [-0.3, -0.25) is 4.79 Å². The number of carbonyl (C=O) groups is 1. The highest BCUT2D eigenvalue weighted by molar-refractivity contribution is 5.77. The average Bonchev–Trinajstić information content (AvgIpc) is 2.32. The zero-order valence-electron chi connectivity index (χ0n) is 9.27. The fourth-order valence-corrected chi connectivity index (χ4v) is 1.31. The predicted molar refractivity (Wildman–Crippen MR) is 57.8 cm³/mol. The molecule has 0 aliphatic carbocycles. The van der Waals surface area contributed by atoms with Crippen LogP contribution in [-0.4, -0.2) is 17.9 Å². The number of hydrogen-bond donors (Lipinski definition) is 0. The highest BCUT2D eigenvalue weighted by atomic mass is 19.1. The minimum absolute atomic E-state index is 0.0435. The van der Waals surface area contributed by atoms with Crippen LogP contribution in [-0.2, 0) is 11.3 Å². The van der Waals surface area contributed by atoms with Crippen LogP contribution < -0.4 is 0 Å². The average molecular weight is 231 g/mol. The van der Waals surface area contributed by atoms with Crippen LogP contribution in [0, 0.1) is 28.5 Å². The van der Waals surface area contributed by atoms with Crippen molar-refractivity contribution < 1.29 is 9.18 Å². The zero-order valence-corrected chi connectivity index (χ0v) is 9.27. The van der Waals surface area contributed by atoms with E-state index in [1.165, 1.54) is 30.1 Å². The van der Waals surface area contributed by atoms with Gasteiger partial charge in [-0.1, -0.05) is 0 Å². The molecule has 0 atom stereocenters. The largest absolute Gasteiger partial charge is 0.340 e. The highest BCUT2D eigenvalue weighted by Gasteiger charge is 2.11. The van der Waals surface area contributed by atoms with E-state index in [0.717, 1.165) is 0 Å². The molecule has 0 saturated heterocycles. The molecule has 17 heavy (non-hydrogen) atoms. The van der Waals surface area contributed by atoms with Crippen molar-refractivity contribution in [3.05, 3.63) is 35.1 Å². The van der Waals surface area contributed by atoms with Gasteiger partial charge in [0.2, 0.25) is 5.91 Å². The second-order valence-corrected chi connectivity index (χ2v) is 3.50. The number of rotatable bonds is 3. The van der Waals surface area contributed by atoms with Crippen molar-refractivity contribution in [3.63, 3.8) is 0 Å². The first-order chi connectivity index (χ1) is 8.08. The maximum absolute atomic E-state index is 13.4. The summed E-state index contributed by atoms with van der Waals surface area (Å²) in [7, 11) is 1.48. The Morgan fingerprint density at radius 1 is 1.47 bits per heavy atom. The number of nitrogens with zero attached hydrogens (tertiary/aromatic N) is 3. The molecule has 5 heteroatoms. The molecule has 4 nitrogen and oxygen atoms in total. The first-order valence-electron chi connectivity index (χ1n) is 4.88. The molecule has 0 aliphatic rings. The number of carbonyl (C=O) groups excluding carboxylic acids is 1. The van der Waals surface area contributed by atoms with Crippen molar-refractivity contribution in [2.45, 2.75) is 13.0 Å². The van der Waals surface area contributed by atoms with Crippen LogP contribution in [0.3, 0.4) is 0 Å². The Kier molecular flexibility index (Phi) is 4.19. The van der Waals surface area contributed by atoms with Gasteiger partial charge in [-0.2, -0.15) is 10.5 Å². The summed E-state index contributed by atoms with van der Waals surface area (Å²) in [6.45, 7) is 0.0435. The van der Waals surface area contributed by atoms with E-state index in [2.05, 4.69) is 0 Å². The van der Waals surface area contributed by atoms with E-state index < -0.39 is 5.82 Å². The molecule has 0 spiro atoms. The minimum Gasteiger partial charge on any atom is -0.340 e. The lowest BCUT2D eigenvalue weighted by Crippen LogP contribution is -2.26. The Morgan fingerprint density at radius 2 is 2.18 bits per heavy atom. The standard InChI is InChI=1S/C12H10FN3O/c1-16(12(17)4-5-14)8-10-6-9(7-15)2-3-11(10)13/h2-3,6H,4,8H2,1H3. The Labute approximate surface area is 98.5 Å². The van der Waals surface area contributed by atoms with E-state index in [0.29, 0.717) is 5.56 Å². The second kappa shape index (κ2) is 5.62. The van der Waals surface area contributed by atoms with Gasteiger partial charge in [-0.05, 0) is 18.2 Å². The van der Waals surface area contributed by atoms with Crippen LogP contribution in [0.25, 0.3) is 0 Å². The Balaban J connectivity index is 2.85. The molecule has 1 rings (SSSR count). The molecular formula is C12H10FN3O. The molecule has 1 aromatic carbocycles. The predicted octanol–water partition coefficient (Wildman–Crippen LogP) is 1.57. The van der Waals surface area contributed by atoms with E-state index >= 15 is 0 Å². The van der Waals surface area contributed by atoms with Crippen molar-refractivity contribution in [2.75, 3.05) is 7.05 Å². The van der Waals surface area contributed by atoms with Crippen molar-refractivity contribution in [1.29, 1.82) is 10.5 Å². The van der Waals surface area contributed by atoms with Gasteiger partial charge in [-0.15, -0.1) is 0 Å². The monoisotopic (exact) mass is 231 g/mol. The molecular weight excluding hydrogens is 221 g/mol. The number of nitriles is 2. The quantitative estimate of drug-likeness (QED) is 0.792. The smallest absolute Gasteiger partial charge is 0.236 e. The van der Waals surface area contributed by atoms with Gasteiger partial charge >= 0.3 is 0 Å². The van der Waals surface area contributed by atoms with Gasteiger partial charge in [0.25, 0.3) is 0 Å². The third kappa shape index (κ3) is 3.29. The minimum atomic E-state index is -0.472. The second-order valence-electron chi connectivity index (χ2n) is 3.50. The summed E-state index contributed by atoms with van der Waals surface area (Å²) in [5.74, 6) is -0.852. The molecule has 0 bridgehead atoms. The Hall–Kier alpha value is -2.40. The van der Waals surface area contributed by atoms with Gasteiger partial charge in [0.1, 0.15) is 12.2 Å². The molecule has 0 aromatic heterocycles. The number of halogens is 1. The summed E-state index contributed by atoms with van der Waals surface area (Å²) in [6.07, 6.45) is -0.240. The van der Waals surface area contributed by atoms with E-state index in [1.807, 2.05) is 6.07 Å². The molecule has 0 radical (unpaired) electrons. The molecule has 0 aliphatic heterocycles. The summed E-state index contributed by atoms with van der Waals surface area (Å²) < 4.78 is 13.4. The Bertz CT molecular complexity index is 513. The Morgan fingerprint density at radius 3 is 2.76 bits per heavy atom. The molecule has 0 fully saturated rings. The van der Waals surface area contributed by atoms with Gasteiger partial charge < -0.3 is 4.90 Å². The fraction of sp³-hybridized carbons (Fsp3) is 0.250. The molecule has 1 aromatic rings. The molecule has 0 unspecified atom stereocenters. The van der Waals surface area contributed by atoms with Crippen LogP contribution >= 0.6 is 0 Å². The normalized spacial score (nSPS) is 9.18. The van der Waals surface area contributed by atoms with E-state index in [1.54, 1.807) is 6.07 Å². The van der Waals surface area contributed by atoms with Crippen molar-refractivity contribution in [3.8, 4) is 12.1 Å². The van der Waals surface area contributed by atoms with Crippen LogP contribution in [0.2, 0.25) is 0 Å². The third-order valence-corrected chi connectivity index (χ3v) is 2.24.